The number of halogens is 3. The molecule has 0 fully saturated rings. The Morgan fingerprint density at radius 1 is 1.33 bits per heavy atom. The summed E-state index contributed by atoms with van der Waals surface area (Å²) in [6.07, 6.45) is -1.96. The number of carbonyl (C=O) groups excluding carboxylic acids is 1. The predicted molar refractivity (Wildman–Crippen MR) is 61.8 cm³/mol. The van der Waals surface area contributed by atoms with Crippen molar-refractivity contribution in [3.05, 3.63) is 51.5 Å². The van der Waals surface area contributed by atoms with Gasteiger partial charge in [0.25, 0.3) is 0 Å². The highest BCUT2D eigenvalue weighted by molar-refractivity contribution is 7.13. The van der Waals surface area contributed by atoms with Crippen molar-refractivity contribution in [2.75, 3.05) is 0 Å². The topological polar surface area (TPSA) is 30.0 Å². The lowest BCUT2D eigenvalue weighted by atomic mass is 10.1. The SMILES string of the molecule is O=Cc1cnc(Cc2cccc(C(F)(F)F)c2)s1. The number of rotatable bonds is 3. The van der Waals surface area contributed by atoms with Crippen molar-refractivity contribution in [3.8, 4) is 0 Å². The maximum atomic E-state index is 12.5. The first-order valence-corrected chi connectivity index (χ1v) is 5.87. The van der Waals surface area contributed by atoms with E-state index >= 15 is 0 Å². The van der Waals surface area contributed by atoms with Gasteiger partial charge in [0.15, 0.2) is 6.29 Å². The minimum Gasteiger partial charge on any atom is -0.297 e. The zero-order chi connectivity index (χ0) is 13.2. The molecule has 0 radical (unpaired) electrons. The van der Waals surface area contributed by atoms with Gasteiger partial charge in [0.2, 0.25) is 0 Å². The second-order valence-electron chi connectivity index (χ2n) is 3.65. The third-order valence-electron chi connectivity index (χ3n) is 2.30. The number of alkyl halides is 3. The van der Waals surface area contributed by atoms with Crippen molar-refractivity contribution in [2.24, 2.45) is 0 Å². The highest BCUT2D eigenvalue weighted by Gasteiger charge is 2.30. The quantitative estimate of drug-likeness (QED) is 0.799. The maximum Gasteiger partial charge on any atom is 0.416 e. The molecule has 2 aromatic rings. The second-order valence-corrected chi connectivity index (χ2v) is 4.80. The molecular weight excluding hydrogens is 263 g/mol. The minimum atomic E-state index is -4.34. The van der Waals surface area contributed by atoms with E-state index in [9.17, 15) is 18.0 Å². The Balaban J connectivity index is 2.21. The van der Waals surface area contributed by atoms with E-state index in [1.165, 1.54) is 23.6 Å². The van der Waals surface area contributed by atoms with E-state index in [4.69, 9.17) is 0 Å². The number of aldehydes is 1. The number of hydrogen-bond donors (Lipinski definition) is 0. The Morgan fingerprint density at radius 2 is 2.11 bits per heavy atom. The lowest BCUT2D eigenvalue weighted by Crippen LogP contribution is -2.05. The molecule has 0 unspecified atom stereocenters. The van der Waals surface area contributed by atoms with Crippen LogP contribution in [0.1, 0.15) is 25.8 Å². The van der Waals surface area contributed by atoms with E-state index in [2.05, 4.69) is 4.98 Å². The van der Waals surface area contributed by atoms with Gasteiger partial charge in [0.05, 0.1) is 15.4 Å². The molecule has 0 amide bonds. The monoisotopic (exact) mass is 271 g/mol. The molecule has 0 spiro atoms. The molecule has 0 bridgehead atoms. The number of carbonyl (C=O) groups is 1. The van der Waals surface area contributed by atoms with Crippen LogP contribution in [-0.2, 0) is 12.6 Å². The molecule has 6 heteroatoms. The summed E-state index contributed by atoms with van der Waals surface area (Å²) in [5.41, 5.74) is -0.149. The van der Waals surface area contributed by atoms with Crippen LogP contribution in [0.4, 0.5) is 13.2 Å². The van der Waals surface area contributed by atoms with Gasteiger partial charge in [-0.1, -0.05) is 18.2 Å². The van der Waals surface area contributed by atoms with Crippen molar-refractivity contribution in [3.63, 3.8) is 0 Å². The first kappa shape index (κ1) is 12.8. The van der Waals surface area contributed by atoms with Crippen LogP contribution < -0.4 is 0 Å². The Kier molecular flexibility index (Phi) is 3.47. The molecule has 0 saturated carbocycles. The van der Waals surface area contributed by atoms with Crippen LogP contribution in [0.5, 0.6) is 0 Å². The van der Waals surface area contributed by atoms with Crippen molar-refractivity contribution in [2.45, 2.75) is 12.6 Å². The highest BCUT2D eigenvalue weighted by Crippen LogP contribution is 2.30. The predicted octanol–water partition coefficient (Wildman–Crippen LogP) is 3.57. The zero-order valence-corrected chi connectivity index (χ0v) is 9.89. The Labute approximate surface area is 105 Å². The van der Waals surface area contributed by atoms with Crippen molar-refractivity contribution >= 4 is 17.6 Å². The van der Waals surface area contributed by atoms with E-state index in [1.807, 2.05) is 0 Å². The summed E-state index contributed by atoms with van der Waals surface area (Å²) >= 11 is 1.18. The highest BCUT2D eigenvalue weighted by atomic mass is 32.1. The summed E-state index contributed by atoms with van der Waals surface area (Å²) in [5, 5.41) is 0.622. The van der Waals surface area contributed by atoms with E-state index in [1.54, 1.807) is 6.07 Å². The summed E-state index contributed by atoms with van der Waals surface area (Å²) in [4.78, 5) is 14.9. The third-order valence-corrected chi connectivity index (χ3v) is 3.22. The van der Waals surface area contributed by atoms with Gasteiger partial charge >= 0.3 is 6.18 Å². The van der Waals surface area contributed by atoms with Gasteiger partial charge in [0.1, 0.15) is 0 Å². The lowest BCUT2D eigenvalue weighted by Gasteiger charge is -2.07. The lowest BCUT2D eigenvalue weighted by molar-refractivity contribution is -0.137. The average molecular weight is 271 g/mol. The standard InChI is InChI=1S/C12H8F3NOS/c13-12(14,15)9-3-1-2-8(4-9)5-11-16-6-10(7-17)18-11/h1-4,6-7H,5H2. The van der Waals surface area contributed by atoms with E-state index in [-0.39, 0.29) is 0 Å². The Hall–Kier alpha value is -1.69. The molecule has 1 heterocycles. The van der Waals surface area contributed by atoms with Gasteiger partial charge < -0.3 is 0 Å². The molecule has 94 valence electrons. The zero-order valence-electron chi connectivity index (χ0n) is 9.07. The summed E-state index contributed by atoms with van der Waals surface area (Å²) in [6, 6.07) is 5.10. The minimum absolute atomic E-state index is 0.294. The van der Waals surface area contributed by atoms with Crippen LogP contribution in [0.25, 0.3) is 0 Å². The molecule has 1 aromatic carbocycles. The number of hydrogen-bond acceptors (Lipinski definition) is 3. The fraction of sp³-hybridized carbons (Fsp3) is 0.167. The molecule has 0 aliphatic heterocycles. The summed E-state index contributed by atoms with van der Waals surface area (Å²) < 4.78 is 37.5. The third kappa shape index (κ3) is 2.95. The van der Waals surface area contributed by atoms with Gasteiger partial charge in [-0.2, -0.15) is 13.2 Å². The molecule has 2 nitrogen and oxygen atoms in total. The van der Waals surface area contributed by atoms with E-state index in [0.717, 1.165) is 12.1 Å². The van der Waals surface area contributed by atoms with Crippen LogP contribution >= 0.6 is 11.3 Å². The number of aromatic nitrogens is 1. The molecule has 0 aliphatic carbocycles. The molecule has 1 aromatic heterocycles. The van der Waals surface area contributed by atoms with Crippen molar-refractivity contribution in [1.29, 1.82) is 0 Å². The summed E-state index contributed by atoms with van der Waals surface area (Å²) in [6.45, 7) is 0. The van der Waals surface area contributed by atoms with Gasteiger partial charge in [-0.3, -0.25) is 4.79 Å². The Morgan fingerprint density at radius 3 is 2.72 bits per heavy atom. The van der Waals surface area contributed by atoms with Crippen LogP contribution in [0.15, 0.2) is 30.5 Å². The van der Waals surface area contributed by atoms with Crippen LogP contribution in [0.2, 0.25) is 0 Å². The fourth-order valence-electron chi connectivity index (χ4n) is 1.49. The smallest absolute Gasteiger partial charge is 0.297 e. The molecular formula is C12H8F3NOS. The number of thiazole rings is 1. The molecule has 18 heavy (non-hydrogen) atoms. The summed E-state index contributed by atoms with van der Waals surface area (Å²) in [5.74, 6) is 0. The van der Waals surface area contributed by atoms with Crippen LogP contribution in [-0.4, -0.2) is 11.3 Å². The van der Waals surface area contributed by atoms with Crippen molar-refractivity contribution in [1.82, 2.24) is 4.98 Å². The molecule has 2 rings (SSSR count). The molecule has 0 aliphatic rings. The first-order valence-electron chi connectivity index (χ1n) is 5.05. The normalized spacial score (nSPS) is 11.5. The van der Waals surface area contributed by atoms with Gasteiger partial charge in [0, 0.05) is 12.6 Å². The summed E-state index contributed by atoms with van der Waals surface area (Å²) in [7, 11) is 0. The molecule has 0 atom stereocenters. The second kappa shape index (κ2) is 4.89. The number of benzene rings is 1. The number of nitrogens with zero attached hydrogens (tertiary/aromatic N) is 1. The van der Waals surface area contributed by atoms with Gasteiger partial charge in [-0.15, -0.1) is 11.3 Å². The van der Waals surface area contributed by atoms with Gasteiger partial charge in [-0.05, 0) is 11.6 Å². The van der Waals surface area contributed by atoms with Crippen LogP contribution in [0, 0.1) is 0 Å². The van der Waals surface area contributed by atoms with E-state index < -0.39 is 11.7 Å². The van der Waals surface area contributed by atoms with Crippen LogP contribution in [0.3, 0.4) is 0 Å². The average Bonchev–Trinajstić information content (AvgIpc) is 2.76. The molecule has 0 saturated heterocycles. The van der Waals surface area contributed by atoms with Gasteiger partial charge in [-0.25, -0.2) is 4.98 Å². The fourth-order valence-corrected chi connectivity index (χ4v) is 2.26. The Bertz CT molecular complexity index is 562. The largest absolute Gasteiger partial charge is 0.416 e. The van der Waals surface area contributed by atoms with E-state index in [0.29, 0.717) is 28.2 Å². The van der Waals surface area contributed by atoms with Crippen molar-refractivity contribution < 1.29 is 18.0 Å². The first-order chi connectivity index (χ1) is 8.49. The maximum absolute atomic E-state index is 12.5. The molecule has 0 N–H and O–H groups in total.